The molecule has 0 saturated heterocycles. The number of nitrogens with zero attached hydrogens (tertiary/aromatic N) is 1. The number of halogens is 3. The van der Waals surface area contributed by atoms with Crippen LogP contribution in [0.15, 0.2) is 24.3 Å². The van der Waals surface area contributed by atoms with Gasteiger partial charge in [0, 0.05) is 25.3 Å². The predicted octanol–water partition coefficient (Wildman–Crippen LogP) is 2.40. The zero-order valence-corrected chi connectivity index (χ0v) is 10.9. The molecule has 0 saturated carbocycles. The second-order valence-corrected chi connectivity index (χ2v) is 3.87. The Hall–Kier alpha value is -1.96. The van der Waals surface area contributed by atoms with Gasteiger partial charge in [0.2, 0.25) is 0 Å². The average Bonchev–Trinajstić information content (AvgIpc) is 2.36. The van der Waals surface area contributed by atoms with E-state index in [1.54, 1.807) is 6.92 Å². The monoisotopic (exact) mass is 291 g/mol. The van der Waals surface area contributed by atoms with E-state index in [1.165, 1.54) is 17.0 Å². The number of carbonyl (C=O) groups is 1. The molecule has 0 unspecified atom stereocenters. The number of rotatable bonds is 5. The molecule has 0 radical (unpaired) electrons. The molecule has 1 aromatic rings. The fourth-order valence-corrected chi connectivity index (χ4v) is 1.50. The summed E-state index contributed by atoms with van der Waals surface area (Å²) in [5.74, 6) is -0.343. The van der Waals surface area contributed by atoms with Crippen molar-refractivity contribution in [1.82, 2.24) is 4.90 Å². The van der Waals surface area contributed by atoms with Crippen molar-refractivity contribution in [3.8, 4) is 5.75 Å². The predicted molar refractivity (Wildman–Crippen MR) is 68.4 cm³/mol. The van der Waals surface area contributed by atoms with Gasteiger partial charge in [0.15, 0.2) is 0 Å². The first-order chi connectivity index (χ1) is 9.35. The van der Waals surface area contributed by atoms with Crippen LogP contribution in [0.5, 0.6) is 5.75 Å². The number of carbonyl (C=O) groups excluding carboxylic acids is 1. The van der Waals surface area contributed by atoms with Crippen LogP contribution in [0, 0.1) is 0 Å². The van der Waals surface area contributed by atoms with Crippen molar-refractivity contribution in [1.29, 1.82) is 0 Å². The van der Waals surface area contributed by atoms with Crippen LogP contribution in [0.3, 0.4) is 0 Å². The minimum atomic E-state index is -4.73. The molecule has 0 aromatic heterocycles. The lowest BCUT2D eigenvalue weighted by Gasteiger charge is -2.20. The number of urea groups is 1. The molecule has 0 aliphatic rings. The molecule has 20 heavy (non-hydrogen) atoms. The van der Waals surface area contributed by atoms with E-state index in [1.807, 2.05) is 0 Å². The number of benzene rings is 1. The van der Waals surface area contributed by atoms with E-state index >= 15 is 0 Å². The SMILES string of the molecule is CCN(CCN)C(=O)Nc1ccc(OC(F)(F)F)cc1. The van der Waals surface area contributed by atoms with Gasteiger partial charge >= 0.3 is 12.4 Å². The Morgan fingerprint density at radius 1 is 1.35 bits per heavy atom. The van der Waals surface area contributed by atoms with E-state index in [9.17, 15) is 18.0 Å². The van der Waals surface area contributed by atoms with Gasteiger partial charge in [0.05, 0.1) is 0 Å². The maximum absolute atomic E-state index is 12.0. The van der Waals surface area contributed by atoms with Crippen LogP contribution in [0.2, 0.25) is 0 Å². The number of anilines is 1. The maximum atomic E-state index is 12.0. The van der Waals surface area contributed by atoms with Crippen LogP contribution < -0.4 is 15.8 Å². The molecule has 5 nitrogen and oxygen atoms in total. The van der Waals surface area contributed by atoms with E-state index in [4.69, 9.17) is 5.73 Å². The van der Waals surface area contributed by atoms with Gasteiger partial charge in [0.1, 0.15) is 5.75 Å². The zero-order chi connectivity index (χ0) is 15.2. The standard InChI is InChI=1S/C12H16F3N3O2/c1-2-18(8-7-16)11(19)17-9-3-5-10(6-4-9)20-12(13,14)15/h3-6H,2,7-8,16H2,1H3,(H,17,19). The minimum absolute atomic E-state index is 0.333. The molecule has 0 fully saturated rings. The lowest BCUT2D eigenvalue weighted by atomic mass is 10.3. The van der Waals surface area contributed by atoms with E-state index in [2.05, 4.69) is 10.1 Å². The van der Waals surface area contributed by atoms with Crippen LogP contribution >= 0.6 is 0 Å². The number of ether oxygens (including phenoxy) is 1. The van der Waals surface area contributed by atoms with E-state index < -0.39 is 6.36 Å². The highest BCUT2D eigenvalue weighted by Gasteiger charge is 2.30. The fraction of sp³-hybridized carbons (Fsp3) is 0.417. The van der Waals surface area contributed by atoms with Gasteiger partial charge in [-0.15, -0.1) is 13.2 Å². The summed E-state index contributed by atoms with van der Waals surface area (Å²) in [5, 5.41) is 2.56. The number of alkyl halides is 3. The van der Waals surface area contributed by atoms with Crippen molar-refractivity contribution >= 4 is 11.7 Å². The zero-order valence-electron chi connectivity index (χ0n) is 10.9. The molecule has 8 heteroatoms. The summed E-state index contributed by atoms with van der Waals surface area (Å²) < 4.78 is 39.7. The van der Waals surface area contributed by atoms with Gasteiger partial charge in [-0.3, -0.25) is 0 Å². The van der Waals surface area contributed by atoms with Gasteiger partial charge in [-0.1, -0.05) is 0 Å². The Morgan fingerprint density at radius 2 is 1.95 bits per heavy atom. The van der Waals surface area contributed by atoms with Crippen LogP contribution in [0.1, 0.15) is 6.92 Å². The largest absolute Gasteiger partial charge is 0.573 e. The smallest absolute Gasteiger partial charge is 0.406 e. The highest BCUT2D eigenvalue weighted by molar-refractivity contribution is 5.89. The molecule has 3 N–H and O–H groups in total. The van der Waals surface area contributed by atoms with Crippen molar-refractivity contribution in [2.75, 3.05) is 25.0 Å². The number of likely N-dealkylation sites (N-methyl/N-ethyl adjacent to an activating group) is 1. The number of nitrogens with two attached hydrogens (primary N) is 1. The first-order valence-corrected chi connectivity index (χ1v) is 5.97. The summed E-state index contributed by atoms with van der Waals surface area (Å²) in [7, 11) is 0. The molecule has 1 rings (SSSR count). The van der Waals surface area contributed by atoms with Crippen LogP contribution in [0.25, 0.3) is 0 Å². The topological polar surface area (TPSA) is 67.6 Å². The second kappa shape index (κ2) is 6.99. The number of hydrogen-bond acceptors (Lipinski definition) is 3. The molecule has 0 aliphatic carbocycles. The van der Waals surface area contributed by atoms with Crippen molar-refractivity contribution < 1.29 is 22.7 Å². The Labute approximate surface area is 114 Å². The van der Waals surface area contributed by atoms with Gasteiger partial charge in [-0.25, -0.2) is 4.79 Å². The molecule has 2 amide bonds. The lowest BCUT2D eigenvalue weighted by Crippen LogP contribution is -2.38. The summed E-state index contributed by atoms with van der Waals surface area (Å²) >= 11 is 0. The molecule has 0 bridgehead atoms. The molecule has 0 heterocycles. The van der Waals surface area contributed by atoms with Gasteiger partial charge in [-0.2, -0.15) is 0 Å². The summed E-state index contributed by atoms with van der Waals surface area (Å²) in [6, 6.07) is 4.55. The van der Waals surface area contributed by atoms with Crippen molar-refractivity contribution in [2.45, 2.75) is 13.3 Å². The third kappa shape index (κ3) is 5.35. The maximum Gasteiger partial charge on any atom is 0.573 e. The molecule has 0 aliphatic heterocycles. The van der Waals surface area contributed by atoms with Gasteiger partial charge in [-0.05, 0) is 31.2 Å². The van der Waals surface area contributed by atoms with Crippen LogP contribution in [-0.2, 0) is 0 Å². The Bertz CT molecular complexity index is 435. The number of hydrogen-bond donors (Lipinski definition) is 2. The fourth-order valence-electron chi connectivity index (χ4n) is 1.50. The lowest BCUT2D eigenvalue weighted by molar-refractivity contribution is -0.274. The van der Waals surface area contributed by atoms with Crippen LogP contribution in [-0.4, -0.2) is 36.9 Å². The Balaban J connectivity index is 2.63. The number of nitrogens with one attached hydrogen (secondary N) is 1. The average molecular weight is 291 g/mol. The highest BCUT2D eigenvalue weighted by Crippen LogP contribution is 2.23. The molecule has 112 valence electrons. The van der Waals surface area contributed by atoms with Crippen molar-refractivity contribution in [3.05, 3.63) is 24.3 Å². The second-order valence-electron chi connectivity index (χ2n) is 3.87. The summed E-state index contributed by atoms with van der Waals surface area (Å²) in [5.41, 5.74) is 5.75. The molecule has 0 spiro atoms. The Kier molecular flexibility index (Phi) is 5.63. The summed E-state index contributed by atoms with van der Waals surface area (Å²) in [6.45, 7) is 3.02. The first-order valence-electron chi connectivity index (χ1n) is 5.97. The third-order valence-corrected chi connectivity index (χ3v) is 2.41. The molecule has 1 aromatic carbocycles. The van der Waals surface area contributed by atoms with Gasteiger partial charge in [0.25, 0.3) is 0 Å². The quantitative estimate of drug-likeness (QED) is 0.875. The van der Waals surface area contributed by atoms with Crippen molar-refractivity contribution in [2.24, 2.45) is 5.73 Å². The van der Waals surface area contributed by atoms with E-state index in [0.29, 0.717) is 25.3 Å². The highest BCUT2D eigenvalue weighted by atomic mass is 19.4. The summed E-state index contributed by atoms with van der Waals surface area (Å²) in [4.78, 5) is 13.3. The van der Waals surface area contributed by atoms with Crippen LogP contribution in [0.4, 0.5) is 23.7 Å². The van der Waals surface area contributed by atoms with Crippen molar-refractivity contribution in [3.63, 3.8) is 0 Å². The molecule has 0 atom stereocenters. The van der Waals surface area contributed by atoms with E-state index in [0.717, 1.165) is 12.1 Å². The normalized spacial score (nSPS) is 11.1. The minimum Gasteiger partial charge on any atom is -0.406 e. The first kappa shape index (κ1) is 16.1. The number of amides is 2. The Morgan fingerprint density at radius 3 is 2.40 bits per heavy atom. The molecular formula is C12H16F3N3O2. The van der Waals surface area contributed by atoms with E-state index in [-0.39, 0.29) is 11.8 Å². The van der Waals surface area contributed by atoms with Gasteiger partial charge < -0.3 is 20.7 Å². The third-order valence-electron chi connectivity index (χ3n) is 2.41. The summed E-state index contributed by atoms with van der Waals surface area (Å²) in [6.07, 6.45) is -4.73. The molecular weight excluding hydrogens is 275 g/mol.